The lowest BCUT2D eigenvalue weighted by atomic mass is 10.1. The summed E-state index contributed by atoms with van der Waals surface area (Å²) in [7, 11) is 2.07. The Balaban J connectivity index is 2.75. The van der Waals surface area contributed by atoms with Gasteiger partial charge in [-0.1, -0.05) is 26.8 Å². The number of phenolic OH excluding ortho intramolecular Hbond substituents is 1. The number of benzene rings is 1. The lowest BCUT2D eigenvalue weighted by Gasteiger charge is -2.22. The number of nitrogens with one attached hydrogen (secondary N) is 1. The van der Waals surface area contributed by atoms with Crippen LogP contribution in [0.3, 0.4) is 0 Å². The van der Waals surface area contributed by atoms with Crippen LogP contribution in [0.4, 0.5) is 5.69 Å². The molecule has 0 aliphatic rings. The van der Waals surface area contributed by atoms with Crippen molar-refractivity contribution in [3.63, 3.8) is 0 Å². The average molecular weight is 264 g/mol. The second-order valence-corrected chi connectivity index (χ2v) is 5.63. The Morgan fingerprint density at radius 3 is 2.47 bits per heavy atom. The molecule has 0 bridgehead atoms. The summed E-state index contributed by atoms with van der Waals surface area (Å²) in [5.41, 5.74) is 2.04. The molecule has 1 aromatic rings. The topological polar surface area (TPSA) is 35.5 Å². The third kappa shape index (κ3) is 4.75. The first-order valence-corrected chi connectivity index (χ1v) is 7.23. The monoisotopic (exact) mass is 264 g/mol. The molecule has 0 aliphatic carbocycles. The van der Waals surface area contributed by atoms with E-state index in [0.717, 1.165) is 30.8 Å². The van der Waals surface area contributed by atoms with Crippen molar-refractivity contribution in [3.8, 4) is 5.75 Å². The van der Waals surface area contributed by atoms with E-state index in [2.05, 4.69) is 51.0 Å². The highest BCUT2D eigenvalue weighted by Crippen LogP contribution is 2.28. The minimum absolute atomic E-state index is 0.181. The molecular formula is C16H28N2O. The van der Waals surface area contributed by atoms with Gasteiger partial charge < -0.3 is 15.3 Å². The van der Waals surface area contributed by atoms with Crippen LogP contribution in [0.1, 0.15) is 45.7 Å². The van der Waals surface area contributed by atoms with Crippen molar-refractivity contribution in [3.05, 3.63) is 23.8 Å². The first kappa shape index (κ1) is 15.8. The number of hydrogen-bond acceptors (Lipinski definition) is 3. The van der Waals surface area contributed by atoms with E-state index in [-0.39, 0.29) is 6.04 Å². The van der Waals surface area contributed by atoms with E-state index in [4.69, 9.17) is 0 Å². The molecular weight excluding hydrogens is 236 g/mol. The van der Waals surface area contributed by atoms with Gasteiger partial charge in [-0.15, -0.1) is 0 Å². The van der Waals surface area contributed by atoms with Crippen LogP contribution in [0.2, 0.25) is 0 Å². The van der Waals surface area contributed by atoms with Gasteiger partial charge in [-0.25, -0.2) is 0 Å². The van der Waals surface area contributed by atoms with E-state index >= 15 is 0 Å². The van der Waals surface area contributed by atoms with E-state index in [0.29, 0.717) is 11.7 Å². The molecule has 0 fully saturated rings. The Morgan fingerprint density at radius 2 is 1.95 bits per heavy atom. The minimum Gasteiger partial charge on any atom is -0.508 e. The van der Waals surface area contributed by atoms with E-state index in [1.54, 1.807) is 0 Å². The number of rotatable bonds is 7. The number of anilines is 1. The highest BCUT2D eigenvalue weighted by molar-refractivity contribution is 5.53. The Hall–Kier alpha value is -1.22. The number of aromatic hydroxyl groups is 1. The van der Waals surface area contributed by atoms with Gasteiger partial charge in [0.2, 0.25) is 0 Å². The zero-order valence-corrected chi connectivity index (χ0v) is 12.9. The van der Waals surface area contributed by atoms with Gasteiger partial charge in [0.1, 0.15) is 5.75 Å². The molecule has 0 radical (unpaired) electrons. The molecule has 2 N–H and O–H groups in total. The molecule has 1 rings (SSSR count). The highest BCUT2D eigenvalue weighted by Gasteiger charge is 2.11. The summed E-state index contributed by atoms with van der Waals surface area (Å²) in [5, 5.41) is 13.5. The van der Waals surface area contributed by atoms with Crippen molar-refractivity contribution < 1.29 is 5.11 Å². The smallest absolute Gasteiger partial charge is 0.122 e. The number of phenols is 1. The van der Waals surface area contributed by atoms with Crippen molar-refractivity contribution in [1.82, 2.24) is 5.32 Å². The molecule has 19 heavy (non-hydrogen) atoms. The van der Waals surface area contributed by atoms with Gasteiger partial charge in [-0.2, -0.15) is 0 Å². The molecule has 0 spiro atoms. The van der Waals surface area contributed by atoms with E-state index < -0.39 is 0 Å². The molecule has 0 amide bonds. The zero-order chi connectivity index (χ0) is 14.4. The summed E-state index contributed by atoms with van der Waals surface area (Å²) in [6.45, 7) is 10.5. The predicted molar refractivity (Wildman–Crippen MR) is 82.9 cm³/mol. The van der Waals surface area contributed by atoms with E-state index in [1.807, 2.05) is 12.1 Å². The first-order valence-electron chi connectivity index (χ1n) is 7.23. The maximum Gasteiger partial charge on any atom is 0.122 e. The molecule has 0 saturated carbocycles. The molecule has 1 aromatic carbocycles. The van der Waals surface area contributed by atoms with Crippen LogP contribution in [0, 0.1) is 5.92 Å². The summed E-state index contributed by atoms with van der Waals surface area (Å²) in [6.07, 6.45) is 1.16. The van der Waals surface area contributed by atoms with Gasteiger partial charge in [-0.3, -0.25) is 0 Å². The van der Waals surface area contributed by atoms with Crippen molar-refractivity contribution in [1.29, 1.82) is 0 Å². The summed E-state index contributed by atoms with van der Waals surface area (Å²) >= 11 is 0. The molecule has 0 aliphatic heterocycles. The lowest BCUT2D eigenvalue weighted by Crippen LogP contribution is -2.20. The fourth-order valence-corrected chi connectivity index (χ4v) is 2.13. The van der Waals surface area contributed by atoms with Crippen LogP contribution in [0.5, 0.6) is 5.75 Å². The van der Waals surface area contributed by atoms with Gasteiger partial charge in [-0.05, 0) is 31.9 Å². The van der Waals surface area contributed by atoms with Gasteiger partial charge in [0, 0.05) is 37.0 Å². The first-order chi connectivity index (χ1) is 8.95. The van der Waals surface area contributed by atoms with Crippen LogP contribution in [-0.2, 0) is 0 Å². The van der Waals surface area contributed by atoms with E-state index in [9.17, 15) is 5.11 Å². The fourth-order valence-electron chi connectivity index (χ4n) is 2.13. The van der Waals surface area contributed by atoms with Crippen LogP contribution in [0.25, 0.3) is 0 Å². The molecule has 0 heterocycles. The third-order valence-corrected chi connectivity index (χ3v) is 3.47. The summed E-state index contributed by atoms with van der Waals surface area (Å²) in [4.78, 5) is 2.20. The van der Waals surface area contributed by atoms with Crippen LogP contribution >= 0.6 is 0 Å². The van der Waals surface area contributed by atoms with Crippen LogP contribution in [-0.4, -0.2) is 25.2 Å². The molecule has 3 heteroatoms. The largest absolute Gasteiger partial charge is 0.508 e. The third-order valence-electron chi connectivity index (χ3n) is 3.47. The van der Waals surface area contributed by atoms with Gasteiger partial charge in [0.05, 0.1) is 0 Å². The highest BCUT2D eigenvalue weighted by atomic mass is 16.3. The molecule has 1 unspecified atom stereocenters. The Morgan fingerprint density at radius 1 is 1.26 bits per heavy atom. The van der Waals surface area contributed by atoms with Gasteiger partial charge >= 0.3 is 0 Å². The Bertz CT molecular complexity index is 390. The van der Waals surface area contributed by atoms with Gasteiger partial charge in [0.25, 0.3) is 0 Å². The Labute approximate surface area is 117 Å². The molecule has 1 atom stereocenters. The summed E-state index contributed by atoms with van der Waals surface area (Å²) < 4.78 is 0. The number of hydrogen-bond donors (Lipinski definition) is 2. The predicted octanol–water partition coefficient (Wildman–Crippen LogP) is 3.55. The van der Waals surface area contributed by atoms with Crippen molar-refractivity contribution in [2.75, 3.05) is 25.0 Å². The van der Waals surface area contributed by atoms with Gasteiger partial charge in [0.15, 0.2) is 0 Å². The summed E-state index contributed by atoms with van der Waals surface area (Å²) in [5.74, 6) is 1.08. The van der Waals surface area contributed by atoms with Crippen molar-refractivity contribution in [2.45, 2.75) is 40.2 Å². The number of nitrogens with zero attached hydrogens (tertiary/aromatic N) is 1. The molecule has 0 aromatic heterocycles. The summed E-state index contributed by atoms with van der Waals surface area (Å²) in [6, 6.07) is 6.15. The quantitative estimate of drug-likeness (QED) is 0.790. The molecule has 3 nitrogen and oxygen atoms in total. The minimum atomic E-state index is 0.181. The molecule has 0 saturated heterocycles. The maximum absolute atomic E-state index is 10.1. The standard InChI is InChI=1S/C16H28N2O/c1-6-17-13(4)15-8-7-14(11-16(15)19)18(5)10-9-12(2)3/h7-8,11-13,17,19H,6,9-10H2,1-5H3. The molecule has 108 valence electrons. The van der Waals surface area contributed by atoms with Crippen molar-refractivity contribution in [2.24, 2.45) is 5.92 Å². The second kappa shape index (κ2) is 7.39. The zero-order valence-electron chi connectivity index (χ0n) is 12.9. The lowest BCUT2D eigenvalue weighted by molar-refractivity contribution is 0.454. The van der Waals surface area contributed by atoms with Crippen LogP contribution in [0.15, 0.2) is 18.2 Å². The SMILES string of the molecule is CCNC(C)c1ccc(N(C)CCC(C)C)cc1O. The Kier molecular flexibility index (Phi) is 6.16. The van der Waals surface area contributed by atoms with E-state index in [1.165, 1.54) is 0 Å². The fraction of sp³-hybridized carbons (Fsp3) is 0.625. The average Bonchev–Trinajstić information content (AvgIpc) is 2.35. The second-order valence-electron chi connectivity index (χ2n) is 5.63. The van der Waals surface area contributed by atoms with Crippen LogP contribution < -0.4 is 10.2 Å². The van der Waals surface area contributed by atoms with Crippen molar-refractivity contribution >= 4 is 5.69 Å². The normalized spacial score (nSPS) is 12.7. The maximum atomic E-state index is 10.1.